The highest BCUT2D eigenvalue weighted by Gasteiger charge is 2.39. The maximum absolute atomic E-state index is 12.5. The van der Waals surface area contributed by atoms with Crippen LogP contribution in [0.25, 0.3) is 12.2 Å². The molecule has 7 N–H and O–H groups in total. The molecule has 0 radical (unpaired) electrons. The van der Waals surface area contributed by atoms with Crippen molar-refractivity contribution in [1.82, 2.24) is 20.9 Å². The lowest BCUT2D eigenvalue weighted by atomic mass is 9.91. The number of nitrogens with one attached hydrogen (secondary N) is 4. The van der Waals surface area contributed by atoms with Crippen LogP contribution in [0.4, 0.5) is 0 Å². The number of carbonyl (C=O) groups excluding carboxylic acids is 2. The van der Waals surface area contributed by atoms with E-state index in [0.717, 1.165) is 22.3 Å². The van der Waals surface area contributed by atoms with E-state index in [1.807, 2.05) is 26.0 Å². The number of thiol groups is 1. The molecule has 0 aromatic carbocycles. The Morgan fingerprint density at radius 1 is 1.02 bits per heavy atom. The van der Waals surface area contributed by atoms with Crippen molar-refractivity contribution in [2.24, 2.45) is 11.8 Å². The smallest absolute Gasteiger partial charge is 0.303 e. The Hall–Kier alpha value is -4.03. The number of carbonyl (C=O) groups is 4. The summed E-state index contributed by atoms with van der Waals surface area (Å²) < 4.78 is 0. The molecule has 0 aliphatic carbocycles. The molecule has 2 fully saturated rings. The van der Waals surface area contributed by atoms with Gasteiger partial charge in [-0.2, -0.15) is 12.6 Å². The van der Waals surface area contributed by atoms with E-state index in [1.165, 1.54) is 0 Å². The van der Waals surface area contributed by atoms with E-state index in [-0.39, 0.29) is 68.0 Å². The van der Waals surface area contributed by atoms with Gasteiger partial charge in [0.1, 0.15) is 0 Å². The number of carboxylic acids is 2. The number of aromatic nitrogens is 1. The Morgan fingerprint density at radius 3 is 2.29 bits per heavy atom. The Labute approximate surface area is 268 Å². The Bertz CT molecular complexity index is 1550. The number of aromatic amines is 1. The molecule has 0 bridgehead atoms. The molecule has 2 saturated heterocycles. The van der Waals surface area contributed by atoms with Gasteiger partial charge < -0.3 is 36.3 Å². The van der Waals surface area contributed by atoms with Gasteiger partial charge in [-0.3, -0.25) is 19.2 Å². The number of rotatable bonds is 12. The van der Waals surface area contributed by atoms with Crippen LogP contribution in [0, 0.1) is 18.8 Å². The quantitative estimate of drug-likeness (QED) is 0.127. The predicted octanol–water partition coefficient (Wildman–Crippen LogP) is 3.24. The van der Waals surface area contributed by atoms with Crippen LogP contribution >= 0.6 is 12.6 Å². The van der Waals surface area contributed by atoms with Crippen LogP contribution in [0.3, 0.4) is 0 Å². The summed E-state index contributed by atoms with van der Waals surface area (Å²) in [5, 5.41) is 37.7. The SMILES string of the molecule is C=C1/C(=C/C)C(=O)N[C@@H]1CC1N/C(=C\c2[nH]c(/C=C3\NC(=O)[C@H](C)[C@H]3[C@H](S)CO)c(C)c2CCC(=O)O)C(CCC(=O)O)=C1C. The maximum Gasteiger partial charge on any atom is 0.303 e. The molecule has 3 aliphatic heterocycles. The van der Waals surface area contributed by atoms with Crippen LogP contribution in [0.2, 0.25) is 0 Å². The lowest BCUT2D eigenvalue weighted by Crippen LogP contribution is -2.34. The number of aliphatic hydroxyl groups is 1. The molecule has 4 heterocycles. The highest BCUT2D eigenvalue weighted by atomic mass is 32.1. The minimum absolute atomic E-state index is 0.0734. The van der Waals surface area contributed by atoms with E-state index in [2.05, 4.69) is 40.1 Å². The maximum atomic E-state index is 12.5. The standard InChI is InChI=1S/C33H42N4O7S/c1-6-19-15(2)24(36-33(19)44)11-22-16(3)20(7-9-29(39)40)25(34-22)13-26-21(8-10-30(41)42)17(4)23(35-26)12-27-31(28(45)14-38)18(5)32(43)37-27/h6,12-13,18,22,24,28,31,34-35,38,45H,2,7-11,14H2,1,3-5H3,(H,36,44)(H,37,43)(H,39,40)(H,41,42)/b19-6-,25-13-,27-12-/t18-,22?,24-,28-,31-/m1/s1. The van der Waals surface area contributed by atoms with Crippen LogP contribution in [0.1, 0.15) is 69.0 Å². The second-order valence-corrected chi connectivity index (χ2v) is 12.6. The first kappa shape index (κ1) is 33.9. The Kier molecular flexibility index (Phi) is 10.5. The summed E-state index contributed by atoms with van der Waals surface area (Å²) in [5.74, 6) is -2.92. The van der Waals surface area contributed by atoms with Crippen LogP contribution in [-0.4, -0.2) is 68.0 Å². The number of carboxylic acid groups (broad SMARTS) is 2. The summed E-state index contributed by atoms with van der Waals surface area (Å²) in [4.78, 5) is 51.5. The van der Waals surface area contributed by atoms with Gasteiger partial charge in [-0.1, -0.05) is 19.6 Å². The lowest BCUT2D eigenvalue weighted by Gasteiger charge is -2.19. The summed E-state index contributed by atoms with van der Waals surface area (Å²) in [6.07, 6.45) is 6.31. The molecular weight excluding hydrogens is 596 g/mol. The number of hydrogen-bond donors (Lipinski definition) is 8. The van der Waals surface area contributed by atoms with Crippen molar-refractivity contribution in [3.63, 3.8) is 0 Å². The second kappa shape index (κ2) is 13.9. The largest absolute Gasteiger partial charge is 0.481 e. The number of aliphatic hydroxyl groups excluding tert-OH is 1. The first-order valence-electron chi connectivity index (χ1n) is 15.1. The normalized spacial score (nSPS) is 26.6. The molecular formula is C33H42N4O7S. The van der Waals surface area contributed by atoms with E-state index >= 15 is 0 Å². The summed E-state index contributed by atoms with van der Waals surface area (Å²) in [7, 11) is 0. The molecule has 1 aromatic rings. The van der Waals surface area contributed by atoms with Gasteiger partial charge >= 0.3 is 11.9 Å². The lowest BCUT2D eigenvalue weighted by molar-refractivity contribution is -0.138. The number of allylic oxidation sites excluding steroid dienone is 3. The predicted molar refractivity (Wildman–Crippen MR) is 174 cm³/mol. The van der Waals surface area contributed by atoms with Crippen molar-refractivity contribution in [2.75, 3.05) is 6.61 Å². The van der Waals surface area contributed by atoms with Gasteiger partial charge in [0.2, 0.25) is 5.91 Å². The fourth-order valence-electron chi connectivity index (χ4n) is 6.50. The van der Waals surface area contributed by atoms with E-state index in [0.29, 0.717) is 40.3 Å². The fraction of sp³-hybridized carbons (Fsp3) is 0.455. The van der Waals surface area contributed by atoms with Gasteiger partial charge in [0.15, 0.2) is 0 Å². The van der Waals surface area contributed by atoms with E-state index < -0.39 is 17.2 Å². The monoisotopic (exact) mass is 638 g/mol. The van der Waals surface area contributed by atoms with Crippen LogP contribution in [0.5, 0.6) is 0 Å². The van der Waals surface area contributed by atoms with Crippen molar-refractivity contribution in [3.8, 4) is 0 Å². The molecule has 242 valence electrons. The average molecular weight is 639 g/mol. The molecule has 3 aliphatic rings. The number of H-pyrrole nitrogens is 1. The van der Waals surface area contributed by atoms with Crippen LogP contribution in [0.15, 0.2) is 46.3 Å². The Morgan fingerprint density at radius 2 is 1.69 bits per heavy atom. The van der Waals surface area contributed by atoms with Crippen molar-refractivity contribution < 1.29 is 34.5 Å². The van der Waals surface area contributed by atoms with Crippen molar-refractivity contribution in [1.29, 1.82) is 0 Å². The third-order valence-electron chi connectivity index (χ3n) is 9.13. The highest BCUT2D eigenvalue weighted by Crippen LogP contribution is 2.37. The third-order valence-corrected chi connectivity index (χ3v) is 9.61. The van der Waals surface area contributed by atoms with Gasteiger partial charge in [0, 0.05) is 64.3 Å². The van der Waals surface area contributed by atoms with Crippen molar-refractivity contribution in [2.45, 2.75) is 77.1 Å². The molecule has 1 aromatic heterocycles. The van der Waals surface area contributed by atoms with Gasteiger partial charge in [-0.25, -0.2) is 0 Å². The number of hydrogen-bond acceptors (Lipinski definition) is 7. The zero-order chi connectivity index (χ0) is 33.2. The molecule has 45 heavy (non-hydrogen) atoms. The molecule has 2 amide bonds. The second-order valence-electron chi connectivity index (χ2n) is 11.9. The summed E-state index contributed by atoms with van der Waals surface area (Å²) in [6.45, 7) is 11.3. The zero-order valence-corrected chi connectivity index (χ0v) is 26.9. The first-order valence-corrected chi connectivity index (χ1v) is 15.6. The van der Waals surface area contributed by atoms with Crippen molar-refractivity contribution in [3.05, 3.63) is 68.9 Å². The fourth-order valence-corrected chi connectivity index (χ4v) is 6.92. The molecule has 5 atom stereocenters. The third kappa shape index (κ3) is 7.12. The van der Waals surface area contributed by atoms with E-state index in [1.54, 1.807) is 19.9 Å². The minimum atomic E-state index is -0.941. The molecule has 12 heteroatoms. The van der Waals surface area contributed by atoms with Gasteiger partial charge in [0.05, 0.1) is 12.6 Å². The van der Waals surface area contributed by atoms with Gasteiger partial charge in [-0.05, 0) is 80.0 Å². The molecule has 0 spiro atoms. The van der Waals surface area contributed by atoms with E-state index in [9.17, 15) is 34.5 Å². The van der Waals surface area contributed by atoms with E-state index in [4.69, 9.17) is 0 Å². The summed E-state index contributed by atoms with van der Waals surface area (Å²) in [6, 6.07) is -0.472. The topological polar surface area (TPSA) is 181 Å². The number of aliphatic carboxylic acids is 2. The molecule has 0 saturated carbocycles. The zero-order valence-electron chi connectivity index (χ0n) is 26.0. The number of amides is 2. The van der Waals surface area contributed by atoms with Gasteiger partial charge in [-0.15, -0.1) is 0 Å². The van der Waals surface area contributed by atoms with Crippen LogP contribution < -0.4 is 16.0 Å². The van der Waals surface area contributed by atoms with Crippen LogP contribution in [-0.2, 0) is 25.6 Å². The summed E-state index contributed by atoms with van der Waals surface area (Å²) in [5.41, 5.74) is 7.36. The average Bonchev–Trinajstić information content (AvgIpc) is 3.63. The van der Waals surface area contributed by atoms with Crippen molar-refractivity contribution >= 4 is 48.5 Å². The molecule has 4 rings (SSSR count). The first-order chi connectivity index (χ1) is 21.3. The molecule has 11 nitrogen and oxygen atoms in total. The minimum Gasteiger partial charge on any atom is -0.481 e. The highest BCUT2D eigenvalue weighted by molar-refractivity contribution is 7.81. The summed E-state index contributed by atoms with van der Waals surface area (Å²) >= 11 is 4.50. The Balaban J connectivity index is 1.75. The molecule has 1 unspecified atom stereocenters. The van der Waals surface area contributed by atoms with Gasteiger partial charge in [0.25, 0.3) is 5.91 Å².